The summed E-state index contributed by atoms with van der Waals surface area (Å²) in [5.74, 6) is 0. The largest absolute Gasteiger partial charge is 0.309 e. The van der Waals surface area contributed by atoms with Crippen LogP contribution >= 0.6 is 24.0 Å². The number of hydrogen-bond donors (Lipinski definition) is 0. The van der Waals surface area contributed by atoms with Crippen LogP contribution in [0.4, 0.5) is 0 Å². The summed E-state index contributed by atoms with van der Waals surface area (Å²) >= 11 is 0. The van der Waals surface area contributed by atoms with E-state index in [4.69, 9.17) is 0 Å². The highest BCUT2D eigenvalue weighted by atomic mass is 127. The molecule has 7 heavy (non-hydrogen) atoms. The normalized spacial score (nSPS) is 8.57. The first-order chi connectivity index (χ1) is 2.77. The van der Waals surface area contributed by atoms with E-state index in [2.05, 4.69) is 25.9 Å². The first-order valence-corrected chi connectivity index (χ1v) is 2.42. The van der Waals surface area contributed by atoms with Gasteiger partial charge in [0.15, 0.2) is 0 Å². The average molecular weight is 215 g/mol. The lowest BCUT2D eigenvalue weighted by molar-refractivity contribution is 0.408. The predicted octanol–water partition coefficient (Wildman–Crippen LogP) is 1.58. The lowest BCUT2D eigenvalue weighted by Gasteiger charge is -2.03. The maximum Gasteiger partial charge on any atom is -0.00275 e. The summed E-state index contributed by atoms with van der Waals surface area (Å²) in [6, 6.07) is 0. The van der Waals surface area contributed by atoms with Gasteiger partial charge in [0.05, 0.1) is 0 Å². The molecule has 0 radical (unpaired) electrons. The third-order valence-electron chi connectivity index (χ3n) is 0.671. The maximum absolute atomic E-state index is 2.18. The summed E-state index contributed by atoms with van der Waals surface area (Å²) in [7, 11) is 4.17. The van der Waals surface area contributed by atoms with Gasteiger partial charge >= 0.3 is 0 Å². The Hall–Kier alpha value is 0.690. The van der Waals surface area contributed by atoms with Crippen molar-refractivity contribution in [3.05, 3.63) is 0 Å². The van der Waals surface area contributed by atoms with Crippen LogP contribution in [0.2, 0.25) is 0 Å². The van der Waals surface area contributed by atoms with Crippen LogP contribution in [-0.2, 0) is 0 Å². The van der Waals surface area contributed by atoms with Gasteiger partial charge in [-0.1, -0.05) is 6.92 Å². The van der Waals surface area contributed by atoms with E-state index in [1.165, 1.54) is 13.0 Å². The fourth-order valence-electron chi connectivity index (χ4n) is 0.447. The van der Waals surface area contributed by atoms with Gasteiger partial charge in [0.2, 0.25) is 0 Å². The molecule has 0 saturated carbocycles. The zero-order valence-corrected chi connectivity index (χ0v) is 7.60. The van der Waals surface area contributed by atoms with Crippen LogP contribution in [0.3, 0.4) is 0 Å². The fourth-order valence-corrected chi connectivity index (χ4v) is 0.447. The summed E-state index contributed by atoms with van der Waals surface area (Å²) < 4.78 is 0. The zero-order chi connectivity index (χ0) is 4.99. The highest BCUT2D eigenvalue weighted by molar-refractivity contribution is 14.0. The molecule has 0 N–H and O–H groups in total. The smallest absolute Gasteiger partial charge is 0.00275 e. The molecule has 0 amide bonds. The number of halogens is 1. The summed E-state index contributed by atoms with van der Waals surface area (Å²) in [6.07, 6.45) is 1.26. The van der Waals surface area contributed by atoms with Crippen LogP contribution < -0.4 is 0 Å². The molecule has 46 valence electrons. The molecular formula is C5H14IN. The van der Waals surface area contributed by atoms with E-state index in [1.54, 1.807) is 0 Å². The van der Waals surface area contributed by atoms with Gasteiger partial charge in [-0.3, -0.25) is 0 Å². The summed E-state index contributed by atoms with van der Waals surface area (Å²) in [5.41, 5.74) is 0. The molecule has 0 aromatic carbocycles. The minimum Gasteiger partial charge on any atom is -0.309 e. The Balaban J connectivity index is 0. The SMILES string of the molecule is CCCN(C)C.I. The molecule has 0 aromatic rings. The van der Waals surface area contributed by atoms with E-state index < -0.39 is 0 Å². The fraction of sp³-hybridized carbons (Fsp3) is 1.00. The number of rotatable bonds is 2. The molecule has 0 fully saturated rings. The van der Waals surface area contributed by atoms with Crippen LogP contribution in [0, 0.1) is 0 Å². The Morgan fingerprint density at radius 1 is 1.29 bits per heavy atom. The van der Waals surface area contributed by atoms with Gasteiger partial charge in [0.1, 0.15) is 0 Å². The standard InChI is InChI=1S/C5H13N.HI/c1-4-5-6(2)3;/h4-5H2,1-3H3;1H. The van der Waals surface area contributed by atoms with Crippen molar-refractivity contribution >= 4 is 24.0 Å². The number of hydrogen-bond acceptors (Lipinski definition) is 1. The first kappa shape index (κ1) is 10.6. The van der Waals surface area contributed by atoms with Crippen molar-refractivity contribution in [2.45, 2.75) is 13.3 Å². The van der Waals surface area contributed by atoms with Gasteiger partial charge < -0.3 is 4.90 Å². The van der Waals surface area contributed by atoms with Crippen molar-refractivity contribution in [2.24, 2.45) is 0 Å². The molecular weight excluding hydrogens is 201 g/mol. The molecule has 0 aliphatic carbocycles. The Bertz CT molecular complexity index is 29.3. The minimum atomic E-state index is 0. The molecule has 0 heterocycles. The first-order valence-electron chi connectivity index (χ1n) is 2.42. The lowest BCUT2D eigenvalue weighted by Crippen LogP contribution is -2.11. The van der Waals surface area contributed by atoms with Gasteiger partial charge in [-0.05, 0) is 27.1 Å². The molecule has 1 nitrogen and oxygen atoms in total. The summed E-state index contributed by atoms with van der Waals surface area (Å²) in [4.78, 5) is 2.18. The molecule has 0 spiro atoms. The van der Waals surface area contributed by atoms with E-state index >= 15 is 0 Å². The van der Waals surface area contributed by atoms with Gasteiger partial charge in [-0.25, -0.2) is 0 Å². The van der Waals surface area contributed by atoms with E-state index in [1.807, 2.05) is 0 Å². The second-order valence-electron chi connectivity index (χ2n) is 1.80. The van der Waals surface area contributed by atoms with Gasteiger partial charge in [-0.2, -0.15) is 0 Å². The van der Waals surface area contributed by atoms with Crippen LogP contribution in [0.15, 0.2) is 0 Å². The van der Waals surface area contributed by atoms with Crippen LogP contribution in [0.5, 0.6) is 0 Å². The van der Waals surface area contributed by atoms with Crippen molar-refractivity contribution in [2.75, 3.05) is 20.6 Å². The average Bonchev–Trinajstić information content (AvgIpc) is 1.35. The van der Waals surface area contributed by atoms with Crippen LogP contribution in [-0.4, -0.2) is 25.5 Å². The minimum absolute atomic E-state index is 0. The van der Waals surface area contributed by atoms with E-state index in [0.717, 1.165) is 0 Å². The van der Waals surface area contributed by atoms with Gasteiger partial charge in [0.25, 0.3) is 0 Å². The molecule has 2 heteroatoms. The van der Waals surface area contributed by atoms with Crippen molar-refractivity contribution in [3.63, 3.8) is 0 Å². The van der Waals surface area contributed by atoms with Crippen LogP contribution in [0.1, 0.15) is 13.3 Å². The lowest BCUT2D eigenvalue weighted by atomic mass is 10.5. The molecule has 0 aromatic heterocycles. The topological polar surface area (TPSA) is 3.24 Å². The second-order valence-corrected chi connectivity index (χ2v) is 1.80. The van der Waals surface area contributed by atoms with E-state index in [-0.39, 0.29) is 24.0 Å². The predicted molar refractivity (Wildman–Crippen MR) is 44.3 cm³/mol. The third-order valence-corrected chi connectivity index (χ3v) is 0.671. The Kier molecular flexibility index (Phi) is 10.2. The number of nitrogens with zero attached hydrogens (tertiary/aromatic N) is 1. The maximum atomic E-state index is 2.18. The second kappa shape index (κ2) is 6.69. The van der Waals surface area contributed by atoms with Gasteiger partial charge in [-0.15, -0.1) is 24.0 Å². The molecule has 0 atom stereocenters. The molecule has 0 unspecified atom stereocenters. The highest BCUT2D eigenvalue weighted by Gasteiger charge is 1.79. The zero-order valence-electron chi connectivity index (χ0n) is 5.27. The molecule has 0 aliphatic rings. The van der Waals surface area contributed by atoms with Crippen LogP contribution in [0.25, 0.3) is 0 Å². The third kappa shape index (κ3) is 10.8. The Morgan fingerprint density at radius 3 is 1.71 bits per heavy atom. The molecule has 0 saturated heterocycles. The summed E-state index contributed by atoms with van der Waals surface area (Å²) in [5, 5.41) is 0. The molecule has 0 bridgehead atoms. The molecule has 0 aliphatic heterocycles. The quantitative estimate of drug-likeness (QED) is 0.632. The molecule has 0 rings (SSSR count). The van der Waals surface area contributed by atoms with Crippen molar-refractivity contribution in [1.29, 1.82) is 0 Å². The van der Waals surface area contributed by atoms with Crippen molar-refractivity contribution < 1.29 is 0 Å². The van der Waals surface area contributed by atoms with Crippen molar-refractivity contribution in [1.82, 2.24) is 4.90 Å². The summed E-state index contributed by atoms with van der Waals surface area (Å²) in [6.45, 7) is 3.39. The van der Waals surface area contributed by atoms with Crippen molar-refractivity contribution in [3.8, 4) is 0 Å². The van der Waals surface area contributed by atoms with E-state index in [9.17, 15) is 0 Å². The Morgan fingerprint density at radius 2 is 1.71 bits per heavy atom. The highest BCUT2D eigenvalue weighted by Crippen LogP contribution is 1.76. The van der Waals surface area contributed by atoms with Gasteiger partial charge in [0, 0.05) is 0 Å². The van der Waals surface area contributed by atoms with E-state index in [0.29, 0.717) is 0 Å². The Labute approximate surface area is 63.1 Å². The monoisotopic (exact) mass is 215 g/mol.